The summed E-state index contributed by atoms with van der Waals surface area (Å²) in [6, 6.07) is 19.5. The fraction of sp³-hybridized carbons (Fsp3) is 0.0588. The zero-order chi connectivity index (χ0) is 14.1. The van der Waals surface area contributed by atoms with Crippen molar-refractivity contribution in [2.24, 2.45) is 0 Å². The van der Waals surface area contributed by atoms with Crippen LogP contribution in [0.25, 0.3) is 10.8 Å². The topological polar surface area (TPSA) is 20.2 Å². The fourth-order valence-electron chi connectivity index (χ4n) is 2.28. The maximum Gasteiger partial charge on any atom is 0.106 e. The van der Waals surface area contributed by atoms with Crippen LogP contribution in [-0.2, 0) is 0 Å². The minimum atomic E-state index is -0.722. The lowest BCUT2D eigenvalue weighted by molar-refractivity contribution is 0.220. The summed E-state index contributed by atoms with van der Waals surface area (Å²) < 4.78 is 0.900. The second-order valence-corrected chi connectivity index (χ2v) is 6.00. The van der Waals surface area contributed by atoms with E-state index in [0.717, 1.165) is 20.8 Å². The van der Waals surface area contributed by atoms with Gasteiger partial charge < -0.3 is 5.11 Å². The molecule has 1 N–H and O–H groups in total. The summed E-state index contributed by atoms with van der Waals surface area (Å²) in [4.78, 5) is 0. The predicted molar refractivity (Wildman–Crippen MR) is 87.2 cm³/mol. The van der Waals surface area contributed by atoms with Crippen molar-refractivity contribution in [1.29, 1.82) is 0 Å². The molecule has 0 spiro atoms. The molecule has 3 aromatic carbocycles. The molecular weight excluding hydrogens is 336 g/mol. The van der Waals surface area contributed by atoms with Crippen molar-refractivity contribution < 1.29 is 5.11 Å². The Kier molecular flexibility index (Phi) is 3.79. The number of hydrogen-bond acceptors (Lipinski definition) is 1. The molecule has 1 unspecified atom stereocenters. The number of aliphatic hydroxyl groups is 1. The number of aliphatic hydroxyl groups excluding tert-OH is 1. The van der Waals surface area contributed by atoms with Gasteiger partial charge in [-0.1, -0.05) is 70.0 Å². The van der Waals surface area contributed by atoms with Crippen LogP contribution in [0.1, 0.15) is 17.2 Å². The van der Waals surface area contributed by atoms with E-state index in [4.69, 9.17) is 11.6 Å². The number of fused-ring (bicyclic) bond motifs is 1. The number of hydrogen-bond donors (Lipinski definition) is 1. The van der Waals surface area contributed by atoms with Crippen LogP contribution < -0.4 is 0 Å². The molecule has 1 nitrogen and oxygen atoms in total. The molecule has 3 aromatic rings. The SMILES string of the molecule is OC(c1ccc2ccccc2c1)c1ccc(Br)cc1Cl. The summed E-state index contributed by atoms with van der Waals surface area (Å²) in [6.45, 7) is 0. The predicted octanol–water partition coefficient (Wildman–Crippen LogP) is 5.34. The van der Waals surface area contributed by atoms with Crippen LogP contribution >= 0.6 is 27.5 Å². The van der Waals surface area contributed by atoms with Crippen molar-refractivity contribution in [3.63, 3.8) is 0 Å². The molecule has 0 bridgehead atoms. The third-order valence-electron chi connectivity index (χ3n) is 3.35. The molecule has 0 aliphatic heterocycles. The van der Waals surface area contributed by atoms with Gasteiger partial charge in [-0.25, -0.2) is 0 Å². The van der Waals surface area contributed by atoms with E-state index in [1.54, 1.807) is 6.07 Å². The lowest BCUT2D eigenvalue weighted by Gasteiger charge is -2.14. The Balaban J connectivity index is 2.05. The lowest BCUT2D eigenvalue weighted by atomic mass is 9.98. The zero-order valence-electron chi connectivity index (χ0n) is 10.6. The summed E-state index contributed by atoms with van der Waals surface area (Å²) >= 11 is 9.57. The first-order chi connectivity index (χ1) is 9.65. The van der Waals surface area contributed by atoms with Crippen LogP contribution in [0.3, 0.4) is 0 Å². The third-order valence-corrected chi connectivity index (χ3v) is 4.17. The maximum atomic E-state index is 10.5. The number of halogens is 2. The van der Waals surface area contributed by atoms with E-state index in [1.807, 2.05) is 48.5 Å². The quantitative estimate of drug-likeness (QED) is 0.663. The molecule has 20 heavy (non-hydrogen) atoms. The van der Waals surface area contributed by atoms with E-state index >= 15 is 0 Å². The lowest BCUT2D eigenvalue weighted by Crippen LogP contribution is -2.00. The first-order valence-corrected chi connectivity index (χ1v) is 7.44. The standard InChI is InChI=1S/C17H12BrClO/c18-14-7-8-15(16(19)10-14)17(20)13-6-5-11-3-1-2-4-12(11)9-13/h1-10,17,20H. The second-order valence-electron chi connectivity index (χ2n) is 4.67. The highest BCUT2D eigenvalue weighted by Gasteiger charge is 2.14. The van der Waals surface area contributed by atoms with E-state index in [1.165, 1.54) is 0 Å². The summed E-state index contributed by atoms with van der Waals surface area (Å²) in [5.41, 5.74) is 1.55. The van der Waals surface area contributed by atoms with Crippen molar-refractivity contribution in [3.8, 4) is 0 Å². The summed E-state index contributed by atoms with van der Waals surface area (Å²) in [5, 5.41) is 13.3. The first-order valence-electron chi connectivity index (χ1n) is 6.27. The Hall–Kier alpha value is -1.35. The van der Waals surface area contributed by atoms with Crippen molar-refractivity contribution in [1.82, 2.24) is 0 Å². The van der Waals surface area contributed by atoms with Crippen LogP contribution in [0.4, 0.5) is 0 Å². The molecule has 3 rings (SSSR count). The van der Waals surface area contributed by atoms with Crippen molar-refractivity contribution in [3.05, 3.63) is 81.3 Å². The van der Waals surface area contributed by atoms with Crippen LogP contribution in [0.15, 0.2) is 65.1 Å². The first kappa shape index (κ1) is 13.6. The summed E-state index contributed by atoms with van der Waals surface area (Å²) in [6.07, 6.45) is -0.722. The zero-order valence-corrected chi connectivity index (χ0v) is 12.9. The molecule has 1 atom stereocenters. The van der Waals surface area contributed by atoms with Gasteiger partial charge in [0.15, 0.2) is 0 Å². The normalized spacial score (nSPS) is 12.6. The van der Waals surface area contributed by atoms with E-state index in [9.17, 15) is 5.11 Å². The molecular formula is C17H12BrClO. The Morgan fingerprint density at radius 2 is 1.65 bits per heavy atom. The molecule has 0 amide bonds. The molecule has 100 valence electrons. The monoisotopic (exact) mass is 346 g/mol. The van der Waals surface area contributed by atoms with E-state index < -0.39 is 6.10 Å². The Bertz CT molecular complexity index is 770. The van der Waals surface area contributed by atoms with Crippen molar-refractivity contribution in [2.75, 3.05) is 0 Å². The van der Waals surface area contributed by atoms with Crippen LogP contribution in [0.5, 0.6) is 0 Å². The van der Waals surface area contributed by atoms with Gasteiger partial charge in [0.1, 0.15) is 6.10 Å². The second kappa shape index (κ2) is 5.57. The summed E-state index contributed by atoms with van der Waals surface area (Å²) in [7, 11) is 0. The highest BCUT2D eigenvalue weighted by Crippen LogP contribution is 2.31. The van der Waals surface area contributed by atoms with Crippen LogP contribution in [-0.4, -0.2) is 5.11 Å². The molecule has 0 aromatic heterocycles. The van der Waals surface area contributed by atoms with Gasteiger partial charge in [-0.2, -0.15) is 0 Å². The van der Waals surface area contributed by atoms with Gasteiger partial charge >= 0.3 is 0 Å². The van der Waals surface area contributed by atoms with E-state index in [0.29, 0.717) is 10.6 Å². The van der Waals surface area contributed by atoms with Gasteiger partial charge in [0.2, 0.25) is 0 Å². The Morgan fingerprint density at radius 1 is 0.900 bits per heavy atom. The largest absolute Gasteiger partial charge is 0.384 e. The molecule has 0 aliphatic carbocycles. The average Bonchev–Trinajstić information content (AvgIpc) is 2.46. The van der Waals surface area contributed by atoms with E-state index in [2.05, 4.69) is 22.0 Å². The van der Waals surface area contributed by atoms with Crippen LogP contribution in [0.2, 0.25) is 5.02 Å². The van der Waals surface area contributed by atoms with Gasteiger partial charge in [-0.3, -0.25) is 0 Å². The molecule has 3 heteroatoms. The van der Waals surface area contributed by atoms with Gasteiger partial charge in [0.25, 0.3) is 0 Å². The Labute approximate surface area is 131 Å². The van der Waals surface area contributed by atoms with Crippen molar-refractivity contribution in [2.45, 2.75) is 6.10 Å². The summed E-state index contributed by atoms with van der Waals surface area (Å²) in [5.74, 6) is 0. The van der Waals surface area contributed by atoms with Gasteiger partial charge in [-0.05, 0) is 34.5 Å². The highest BCUT2D eigenvalue weighted by atomic mass is 79.9. The third kappa shape index (κ3) is 2.59. The smallest absolute Gasteiger partial charge is 0.106 e. The van der Waals surface area contributed by atoms with E-state index in [-0.39, 0.29) is 0 Å². The molecule has 0 saturated carbocycles. The van der Waals surface area contributed by atoms with Gasteiger partial charge in [-0.15, -0.1) is 0 Å². The van der Waals surface area contributed by atoms with Crippen molar-refractivity contribution >= 4 is 38.3 Å². The number of rotatable bonds is 2. The van der Waals surface area contributed by atoms with Gasteiger partial charge in [0, 0.05) is 15.1 Å². The average molecular weight is 348 g/mol. The van der Waals surface area contributed by atoms with Gasteiger partial charge in [0.05, 0.1) is 0 Å². The molecule has 0 heterocycles. The molecule has 0 saturated heterocycles. The molecule has 0 fully saturated rings. The van der Waals surface area contributed by atoms with Crippen LogP contribution in [0, 0.1) is 0 Å². The number of benzene rings is 3. The maximum absolute atomic E-state index is 10.5. The minimum absolute atomic E-state index is 0.556. The molecule has 0 radical (unpaired) electrons. The Morgan fingerprint density at radius 3 is 2.40 bits per heavy atom. The fourth-order valence-corrected chi connectivity index (χ4v) is 3.06. The highest BCUT2D eigenvalue weighted by molar-refractivity contribution is 9.10. The minimum Gasteiger partial charge on any atom is -0.384 e. The molecule has 0 aliphatic rings.